The number of carbonyl (C=O) groups excluding carboxylic acids is 2. The molecule has 11 rings (SSSR count). The maximum absolute atomic E-state index is 15.7. The van der Waals surface area contributed by atoms with E-state index in [9.17, 15) is 15.3 Å². The van der Waals surface area contributed by atoms with Gasteiger partial charge in [-0.2, -0.15) is 0 Å². The van der Waals surface area contributed by atoms with Gasteiger partial charge in [-0.3, -0.25) is 9.59 Å². The molecule has 7 N–H and O–H groups in total. The number of ether oxygens (including phenoxy) is 1. The van der Waals surface area contributed by atoms with E-state index in [0.717, 1.165) is 106 Å². The number of phenols is 1. The molecule has 0 aromatic heterocycles. The Kier molecular flexibility index (Phi) is 13.7. The van der Waals surface area contributed by atoms with Gasteiger partial charge in [0.05, 0.1) is 17.3 Å². The standard InChI is InChI=1S/C65H95N3O6/c1-37(2)25-38-26-41(30-43(66)28-38)45-17-14-18-49(45)65(8)59(74-65)56(71)47-20-19-40-15-10-11-16-46(40)54(47)55-50-21-22-53-62(5)32-48(42-27-39(35-67-9)29-44(69)31-42)58(72)61(4)24-13-12-23-60(3,73)36-68-51(57(61)62)33-64(53,7)63(50,6)34-52(55)70/h26-31,37,40,45-49,51,53-54,56-57,59,67-69,71,73H,10-25,32-36,66H2,1-9H3. The summed E-state index contributed by atoms with van der Waals surface area (Å²) >= 11 is 0. The van der Waals surface area contributed by atoms with Gasteiger partial charge in [-0.15, -0.1) is 0 Å². The van der Waals surface area contributed by atoms with Gasteiger partial charge < -0.3 is 36.4 Å². The number of carbonyl (C=O) groups is 2. The Morgan fingerprint density at radius 3 is 2.36 bits per heavy atom. The second-order valence-corrected chi connectivity index (χ2v) is 28.7. The van der Waals surface area contributed by atoms with E-state index in [2.05, 4.69) is 83.4 Å². The quantitative estimate of drug-likeness (QED) is 0.101. The number of rotatable bonds is 10. The van der Waals surface area contributed by atoms with Gasteiger partial charge in [0.2, 0.25) is 0 Å². The number of nitrogen functional groups attached to an aromatic ring is 1. The number of anilines is 1. The highest BCUT2D eigenvalue weighted by molar-refractivity contribution is 6.01. The number of nitrogens with one attached hydrogen (secondary N) is 2. The van der Waals surface area contributed by atoms with E-state index >= 15 is 9.59 Å². The van der Waals surface area contributed by atoms with E-state index in [1.807, 2.05) is 26.1 Å². The molecular formula is C65H95N3O6. The van der Waals surface area contributed by atoms with Gasteiger partial charge >= 0.3 is 0 Å². The van der Waals surface area contributed by atoms with Crippen molar-refractivity contribution in [1.29, 1.82) is 0 Å². The number of aliphatic hydroxyl groups excluding tert-OH is 1. The zero-order chi connectivity index (χ0) is 52.5. The van der Waals surface area contributed by atoms with Crippen molar-refractivity contribution < 1.29 is 29.6 Å². The van der Waals surface area contributed by atoms with Crippen molar-refractivity contribution in [3.8, 4) is 5.75 Å². The number of phenolic OH excluding ortho intramolecular Hbond substituents is 1. The lowest BCUT2D eigenvalue weighted by atomic mass is 9.34. The molecule has 9 aliphatic rings. The van der Waals surface area contributed by atoms with Gasteiger partial charge in [-0.25, -0.2) is 0 Å². The van der Waals surface area contributed by atoms with Crippen molar-refractivity contribution in [2.24, 2.45) is 69.0 Å². The van der Waals surface area contributed by atoms with Crippen LogP contribution in [-0.2, 0) is 27.3 Å². The molecule has 18 atom stereocenters. The predicted molar refractivity (Wildman–Crippen MR) is 294 cm³/mol. The summed E-state index contributed by atoms with van der Waals surface area (Å²) in [5, 5.41) is 43.5. The molecule has 0 amide bonds. The van der Waals surface area contributed by atoms with Crippen molar-refractivity contribution in [3.63, 3.8) is 0 Å². The van der Waals surface area contributed by atoms with E-state index in [1.54, 1.807) is 0 Å². The Morgan fingerprint density at radius 2 is 1.59 bits per heavy atom. The maximum Gasteiger partial charge on any atom is 0.160 e. The van der Waals surface area contributed by atoms with Crippen LogP contribution >= 0.6 is 0 Å². The van der Waals surface area contributed by atoms with E-state index in [0.29, 0.717) is 73.5 Å². The summed E-state index contributed by atoms with van der Waals surface area (Å²) in [6.07, 6.45) is 17.3. The molecule has 0 radical (unpaired) electrons. The molecule has 0 bridgehead atoms. The number of benzene rings is 2. The highest BCUT2D eigenvalue weighted by Crippen LogP contribution is 2.76. The third-order valence-corrected chi connectivity index (χ3v) is 23.6. The Morgan fingerprint density at radius 1 is 0.838 bits per heavy atom. The molecule has 6 saturated carbocycles. The van der Waals surface area contributed by atoms with Crippen molar-refractivity contribution in [2.45, 2.75) is 225 Å². The SMILES string of the molecule is CNCc1cc(O)cc(C2CC3(C)C4C(CC5(C)C3CCC3=C(C6C7CCCCC7CCC6C(O)C6OC6(C)C6CCCC6c6cc(N)cc(CC(C)C)c6)C(=O)CC35C)NCC(C)(O)CCCCC4(C)C2=O)c1. The Hall–Kier alpha value is -3.08. The van der Waals surface area contributed by atoms with Crippen LogP contribution in [0.5, 0.6) is 5.75 Å². The summed E-state index contributed by atoms with van der Waals surface area (Å²) in [7, 11) is 1.92. The van der Waals surface area contributed by atoms with Crippen LogP contribution in [0.25, 0.3) is 0 Å². The van der Waals surface area contributed by atoms with E-state index in [-0.39, 0.29) is 58.3 Å². The number of hydrogen-bond acceptors (Lipinski definition) is 9. The number of hydrogen-bond donors (Lipinski definition) is 6. The third kappa shape index (κ3) is 8.54. The van der Waals surface area contributed by atoms with Crippen LogP contribution in [0.2, 0.25) is 0 Å². The molecular weight excluding hydrogens is 919 g/mol. The fraction of sp³-hybridized carbons (Fsp3) is 0.754. The van der Waals surface area contributed by atoms with Gasteiger partial charge in [-0.05, 0) is 214 Å². The first-order chi connectivity index (χ1) is 35.0. The van der Waals surface area contributed by atoms with Crippen molar-refractivity contribution in [3.05, 3.63) is 69.8 Å². The normalized spacial score (nSPS) is 44.6. The largest absolute Gasteiger partial charge is 0.508 e. The van der Waals surface area contributed by atoms with Crippen molar-refractivity contribution in [1.82, 2.24) is 10.6 Å². The molecule has 0 spiro atoms. The number of Topliss-reactive ketones (excluding diaryl/α,β-unsaturated/α-hetero) is 2. The topological polar surface area (TPSA) is 157 Å². The van der Waals surface area contributed by atoms with Crippen molar-refractivity contribution in [2.75, 3.05) is 19.3 Å². The lowest BCUT2D eigenvalue weighted by Crippen LogP contribution is -2.70. The highest BCUT2D eigenvalue weighted by Gasteiger charge is 2.73. The number of allylic oxidation sites excluding steroid dienone is 2. The highest BCUT2D eigenvalue weighted by atomic mass is 16.6. The number of ketones is 2. The Labute approximate surface area is 444 Å². The fourth-order valence-electron chi connectivity index (χ4n) is 20.5. The minimum Gasteiger partial charge on any atom is -0.508 e. The first kappa shape index (κ1) is 52.9. The summed E-state index contributed by atoms with van der Waals surface area (Å²) in [6.45, 7) is 19.6. The maximum atomic E-state index is 15.7. The van der Waals surface area contributed by atoms with Gasteiger partial charge in [-0.1, -0.05) is 97.8 Å². The lowest BCUT2D eigenvalue weighted by Gasteiger charge is -2.71. The first-order valence-electron chi connectivity index (χ1n) is 30.0. The molecule has 2 aromatic carbocycles. The number of fused-ring (bicyclic) bond motifs is 5. The number of aliphatic hydroxyl groups is 2. The van der Waals surface area contributed by atoms with Gasteiger partial charge in [0.15, 0.2) is 5.78 Å². The van der Waals surface area contributed by atoms with Gasteiger partial charge in [0.1, 0.15) is 17.6 Å². The molecule has 2 saturated heterocycles. The molecule has 2 aromatic rings. The summed E-state index contributed by atoms with van der Waals surface area (Å²) < 4.78 is 6.95. The number of β-amino-alcohol motifs (C(OH)–C–C–N with tert-alkyl or cyclic N) is 1. The minimum atomic E-state index is -0.869. The Bertz CT molecular complexity index is 2540. The van der Waals surface area contributed by atoms with E-state index in [1.165, 1.54) is 36.0 Å². The van der Waals surface area contributed by atoms with Gasteiger partial charge in [0.25, 0.3) is 0 Å². The summed E-state index contributed by atoms with van der Waals surface area (Å²) in [4.78, 5) is 31.4. The molecule has 2 aliphatic heterocycles. The van der Waals surface area contributed by atoms with E-state index in [4.69, 9.17) is 10.5 Å². The lowest BCUT2D eigenvalue weighted by molar-refractivity contribution is -0.199. The molecule has 18 unspecified atom stereocenters. The fourth-order valence-corrected chi connectivity index (χ4v) is 20.5. The smallest absolute Gasteiger partial charge is 0.160 e. The minimum absolute atomic E-state index is 0.0141. The van der Waals surface area contributed by atoms with Crippen molar-refractivity contribution >= 4 is 17.3 Å². The average molecular weight is 1010 g/mol. The third-order valence-electron chi connectivity index (χ3n) is 23.6. The number of aromatic hydroxyl groups is 1. The predicted octanol–water partition coefficient (Wildman–Crippen LogP) is 11.9. The Balaban J connectivity index is 0.964. The zero-order valence-electron chi connectivity index (χ0n) is 47.0. The number of nitrogens with two attached hydrogens (primary N) is 1. The van der Waals surface area contributed by atoms with E-state index < -0.39 is 28.1 Å². The average Bonchev–Trinajstić information content (AvgIpc) is 3.63. The van der Waals surface area contributed by atoms with Crippen LogP contribution in [0.4, 0.5) is 5.69 Å². The summed E-state index contributed by atoms with van der Waals surface area (Å²) in [6, 6.07) is 12.5. The molecule has 2 heterocycles. The van der Waals surface area contributed by atoms with Crippen LogP contribution in [-0.4, -0.2) is 69.9 Å². The van der Waals surface area contributed by atoms with Gasteiger partial charge in [0, 0.05) is 48.0 Å². The zero-order valence-corrected chi connectivity index (χ0v) is 47.0. The second kappa shape index (κ2) is 19.1. The molecule has 406 valence electrons. The monoisotopic (exact) mass is 1010 g/mol. The van der Waals surface area contributed by atoms with Crippen LogP contribution in [0, 0.1) is 69.0 Å². The molecule has 74 heavy (non-hydrogen) atoms. The van der Waals surface area contributed by atoms with Crippen LogP contribution < -0.4 is 16.4 Å². The number of epoxide rings is 1. The van der Waals surface area contributed by atoms with Crippen LogP contribution in [0.1, 0.15) is 205 Å². The molecule has 9 nitrogen and oxygen atoms in total. The second-order valence-electron chi connectivity index (χ2n) is 28.7. The molecule has 8 fully saturated rings. The summed E-state index contributed by atoms with van der Waals surface area (Å²) in [5.41, 5.74) is 11.5. The molecule has 9 heteroatoms. The summed E-state index contributed by atoms with van der Waals surface area (Å²) in [5.74, 6) is 2.84. The first-order valence-corrected chi connectivity index (χ1v) is 30.0. The van der Waals surface area contributed by atoms with Crippen LogP contribution in [0.15, 0.2) is 47.5 Å². The molecule has 7 aliphatic carbocycles. The van der Waals surface area contributed by atoms with Crippen LogP contribution in [0.3, 0.4) is 0 Å².